The first kappa shape index (κ1) is 12.4. The minimum absolute atomic E-state index is 0.832. The number of hydrogen-bond donors (Lipinski definition) is 1. The second kappa shape index (κ2) is 5.05. The first-order chi connectivity index (χ1) is 8.63. The summed E-state index contributed by atoms with van der Waals surface area (Å²) >= 11 is 0. The summed E-state index contributed by atoms with van der Waals surface area (Å²) in [6.45, 7) is 5.22. The van der Waals surface area contributed by atoms with E-state index in [0.29, 0.717) is 0 Å². The van der Waals surface area contributed by atoms with Crippen molar-refractivity contribution in [1.29, 1.82) is 0 Å². The average Bonchev–Trinajstić information content (AvgIpc) is 2.40. The van der Waals surface area contributed by atoms with E-state index in [2.05, 4.69) is 24.4 Å². The van der Waals surface area contributed by atoms with E-state index in [1.165, 1.54) is 5.56 Å². The molecule has 2 aromatic carbocycles. The van der Waals surface area contributed by atoms with Crippen LogP contribution in [0.1, 0.15) is 12.5 Å². The molecule has 1 heteroatoms. The summed E-state index contributed by atoms with van der Waals surface area (Å²) in [5, 5.41) is 10.2. The van der Waals surface area contributed by atoms with Crippen molar-refractivity contribution in [3.8, 4) is 11.1 Å². The molecule has 1 atom stereocenters. The second-order valence-electron chi connectivity index (χ2n) is 4.44. The van der Waals surface area contributed by atoms with Gasteiger partial charge in [0.05, 0.1) is 0 Å². The number of hydrogen-bond acceptors (Lipinski definition) is 1. The summed E-state index contributed by atoms with van der Waals surface area (Å²) in [6, 6.07) is 18.0. The molecule has 1 nitrogen and oxygen atoms in total. The minimum atomic E-state index is -1.02. The molecule has 0 heterocycles. The maximum Gasteiger partial charge on any atom is 0.112 e. The van der Waals surface area contributed by atoms with Crippen LogP contribution >= 0.6 is 0 Å². The van der Waals surface area contributed by atoms with Gasteiger partial charge in [0.15, 0.2) is 0 Å². The van der Waals surface area contributed by atoms with Crippen LogP contribution in [0.2, 0.25) is 0 Å². The second-order valence-corrected chi connectivity index (χ2v) is 4.44. The molecule has 0 aliphatic carbocycles. The zero-order valence-electron chi connectivity index (χ0n) is 10.4. The Balaban J connectivity index is 2.34. The molecule has 90 valence electrons. The lowest BCUT2D eigenvalue weighted by Crippen LogP contribution is -2.16. The van der Waals surface area contributed by atoms with Gasteiger partial charge in [-0.05, 0) is 29.7 Å². The standard InChI is InChI=1S/C17H16O/c1-3-13-17(2,18)16-11-9-15(10-12-16)14-7-5-4-6-8-14/h4-13,18H,1H2,2H3/t17-/m1/s1. The van der Waals surface area contributed by atoms with Crippen molar-refractivity contribution < 1.29 is 5.11 Å². The zero-order valence-corrected chi connectivity index (χ0v) is 10.4. The molecule has 1 N–H and O–H groups in total. The quantitative estimate of drug-likeness (QED) is 0.801. The van der Waals surface area contributed by atoms with Crippen LogP contribution in [0.5, 0.6) is 0 Å². The van der Waals surface area contributed by atoms with Crippen molar-refractivity contribution >= 4 is 0 Å². The Morgan fingerprint density at radius 2 is 1.56 bits per heavy atom. The molecular weight excluding hydrogens is 220 g/mol. The summed E-state index contributed by atoms with van der Waals surface area (Å²) < 4.78 is 0. The molecular formula is C17H16O. The first-order valence-corrected chi connectivity index (χ1v) is 5.89. The fourth-order valence-corrected chi connectivity index (χ4v) is 1.91. The van der Waals surface area contributed by atoms with Gasteiger partial charge in [-0.25, -0.2) is 0 Å². The predicted molar refractivity (Wildman–Crippen MR) is 75.2 cm³/mol. The molecule has 0 aromatic heterocycles. The first-order valence-electron chi connectivity index (χ1n) is 5.89. The highest BCUT2D eigenvalue weighted by Crippen LogP contribution is 2.25. The molecule has 0 unspecified atom stereocenters. The number of rotatable bonds is 3. The lowest BCUT2D eigenvalue weighted by Gasteiger charge is -2.18. The Morgan fingerprint density at radius 1 is 1.00 bits per heavy atom. The molecule has 18 heavy (non-hydrogen) atoms. The van der Waals surface area contributed by atoms with Crippen LogP contribution in [0, 0.1) is 0 Å². The van der Waals surface area contributed by atoms with Gasteiger partial charge >= 0.3 is 0 Å². The van der Waals surface area contributed by atoms with Crippen molar-refractivity contribution in [3.05, 3.63) is 78.5 Å². The van der Waals surface area contributed by atoms with E-state index in [1.54, 1.807) is 13.0 Å². The van der Waals surface area contributed by atoms with Gasteiger partial charge in [0.2, 0.25) is 0 Å². The van der Waals surface area contributed by atoms with E-state index >= 15 is 0 Å². The molecule has 0 saturated carbocycles. The largest absolute Gasteiger partial charge is 0.381 e. The third-order valence-electron chi connectivity index (χ3n) is 2.96. The van der Waals surface area contributed by atoms with Gasteiger partial charge in [0.1, 0.15) is 5.60 Å². The van der Waals surface area contributed by atoms with Crippen LogP contribution in [-0.4, -0.2) is 5.11 Å². The predicted octanol–water partition coefficient (Wildman–Crippen LogP) is 3.90. The van der Waals surface area contributed by atoms with E-state index in [0.717, 1.165) is 11.1 Å². The molecule has 0 aliphatic heterocycles. The number of aliphatic hydroxyl groups is 1. The van der Waals surface area contributed by atoms with Crippen LogP contribution in [0.25, 0.3) is 11.1 Å². The Bertz CT molecular complexity index is 558. The van der Waals surface area contributed by atoms with Crippen LogP contribution < -0.4 is 0 Å². The zero-order chi connectivity index (χ0) is 13.0. The fraction of sp³-hybridized carbons (Fsp3) is 0.118. The van der Waals surface area contributed by atoms with Crippen molar-refractivity contribution in [1.82, 2.24) is 0 Å². The van der Waals surface area contributed by atoms with E-state index < -0.39 is 5.60 Å². The summed E-state index contributed by atoms with van der Waals surface area (Å²) in [7, 11) is 0. The minimum Gasteiger partial charge on any atom is -0.381 e. The Labute approximate surface area is 108 Å². The summed E-state index contributed by atoms with van der Waals surface area (Å²) in [4.78, 5) is 0. The van der Waals surface area contributed by atoms with Gasteiger partial charge in [0, 0.05) is 0 Å². The Hall–Kier alpha value is -2.08. The molecule has 0 aliphatic rings. The monoisotopic (exact) mass is 236 g/mol. The summed E-state index contributed by atoms with van der Waals surface area (Å²) in [5.74, 6) is 0. The van der Waals surface area contributed by atoms with E-state index in [9.17, 15) is 5.11 Å². The van der Waals surface area contributed by atoms with Gasteiger partial charge in [-0.3, -0.25) is 0 Å². The van der Waals surface area contributed by atoms with Crippen molar-refractivity contribution in [3.63, 3.8) is 0 Å². The van der Waals surface area contributed by atoms with Gasteiger partial charge in [-0.1, -0.05) is 61.2 Å². The lowest BCUT2D eigenvalue weighted by atomic mass is 9.94. The fourth-order valence-electron chi connectivity index (χ4n) is 1.91. The van der Waals surface area contributed by atoms with Crippen LogP contribution in [0.3, 0.4) is 0 Å². The Kier molecular flexibility index (Phi) is 3.47. The summed E-state index contributed by atoms with van der Waals surface area (Å²) in [5.41, 5.74) is 4.75. The van der Waals surface area contributed by atoms with Crippen LogP contribution in [0.15, 0.2) is 73.0 Å². The van der Waals surface area contributed by atoms with Gasteiger partial charge in [-0.2, -0.15) is 0 Å². The maximum atomic E-state index is 10.2. The maximum absolute atomic E-state index is 10.2. The molecule has 0 saturated heterocycles. The van der Waals surface area contributed by atoms with Gasteiger partial charge in [-0.15, -0.1) is 5.73 Å². The normalized spacial score (nSPS) is 13.4. The molecule has 2 rings (SSSR count). The molecule has 0 spiro atoms. The third kappa shape index (κ3) is 2.60. The molecule has 2 aromatic rings. The smallest absolute Gasteiger partial charge is 0.112 e. The topological polar surface area (TPSA) is 20.2 Å². The Morgan fingerprint density at radius 3 is 2.11 bits per heavy atom. The van der Waals surface area contributed by atoms with Gasteiger partial charge in [0.25, 0.3) is 0 Å². The molecule has 0 radical (unpaired) electrons. The summed E-state index contributed by atoms with van der Waals surface area (Å²) in [6.07, 6.45) is 1.56. The molecule has 0 amide bonds. The average molecular weight is 236 g/mol. The molecule has 0 bridgehead atoms. The van der Waals surface area contributed by atoms with Crippen LogP contribution in [0.4, 0.5) is 0 Å². The van der Waals surface area contributed by atoms with E-state index in [4.69, 9.17) is 0 Å². The van der Waals surface area contributed by atoms with Crippen LogP contribution in [-0.2, 0) is 5.60 Å². The van der Waals surface area contributed by atoms with E-state index in [-0.39, 0.29) is 0 Å². The van der Waals surface area contributed by atoms with E-state index in [1.807, 2.05) is 42.5 Å². The SMILES string of the molecule is C=C=C[C@@](C)(O)c1ccc(-c2ccccc2)cc1. The lowest BCUT2D eigenvalue weighted by molar-refractivity contribution is 0.111. The van der Waals surface area contributed by atoms with Crippen molar-refractivity contribution in [2.24, 2.45) is 0 Å². The van der Waals surface area contributed by atoms with Crippen molar-refractivity contribution in [2.45, 2.75) is 12.5 Å². The number of benzene rings is 2. The highest BCUT2D eigenvalue weighted by molar-refractivity contribution is 5.63. The van der Waals surface area contributed by atoms with Gasteiger partial charge < -0.3 is 5.11 Å². The highest BCUT2D eigenvalue weighted by atomic mass is 16.3. The highest BCUT2D eigenvalue weighted by Gasteiger charge is 2.18. The third-order valence-corrected chi connectivity index (χ3v) is 2.96. The molecule has 0 fully saturated rings. The van der Waals surface area contributed by atoms with Crippen molar-refractivity contribution in [2.75, 3.05) is 0 Å².